The van der Waals surface area contributed by atoms with Crippen LogP contribution in [0.5, 0.6) is 0 Å². The zero-order valence-corrected chi connectivity index (χ0v) is 12.0. The van der Waals surface area contributed by atoms with Gasteiger partial charge in [0.05, 0.1) is 12.7 Å². The molecule has 0 saturated carbocycles. The smallest absolute Gasteiger partial charge is 0.278 e. The van der Waals surface area contributed by atoms with Crippen LogP contribution in [0.2, 0.25) is 0 Å². The van der Waals surface area contributed by atoms with Crippen molar-refractivity contribution in [3.05, 3.63) is 77.0 Å². The second-order valence-electron chi connectivity index (χ2n) is 4.45. The highest BCUT2D eigenvalue weighted by atomic mass is 32.1. The van der Waals surface area contributed by atoms with Gasteiger partial charge in [0, 0.05) is 18.1 Å². The van der Waals surface area contributed by atoms with Crippen LogP contribution in [-0.2, 0) is 6.54 Å². The Balaban J connectivity index is 1.94. The molecule has 4 nitrogen and oxygen atoms in total. The summed E-state index contributed by atoms with van der Waals surface area (Å²) >= 11 is 1.62. The maximum absolute atomic E-state index is 12.7. The van der Waals surface area contributed by atoms with Crippen LogP contribution in [0.25, 0.3) is 0 Å². The molecule has 0 spiro atoms. The highest BCUT2D eigenvalue weighted by Crippen LogP contribution is 2.20. The lowest BCUT2D eigenvalue weighted by Gasteiger charge is -2.22. The Morgan fingerprint density at radius 2 is 2.00 bits per heavy atom. The quantitative estimate of drug-likeness (QED) is 0.741. The van der Waals surface area contributed by atoms with Crippen molar-refractivity contribution in [3.63, 3.8) is 0 Å². The largest absolute Gasteiger partial charge is 0.303 e. The third-order valence-corrected chi connectivity index (χ3v) is 3.75. The molecule has 2 aromatic heterocycles. The van der Waals surface area contributed by atoms with Gasteiger partial charge in [-0.25, -0.2) is 4.98 Å². The minimum absolute atomic E-state index is 0.152. The highest BCUT2D eigenvalue weighted by Gasteiger charge is 2.19. The topological polar surface area (TPSA) is 46.1 Å². The Bertz CT molecular complexity index is 699. The molecule has 2 heterocycles. The van der Waals surface area contributed by atoms with Gasteiger partial charge < -0.3 is 4.90 Å². The first-order chi connectivity index (χ1) is 10.3. The molecule has 21 heavy (non-hydrogen) atoms. The molecule has 0 aliphatic heterocycles. The second-order valence-corrected chi connectivity index (χ2v) is 5.23. The predicted octanol–water partition coefficient (Wildman–Crippen LogP) is 3.39. The van der Waals surface area contributed by atoms with Gasteiger partial charge in [-0.2, -0.15) is 11.3 Å². The summed E-state index contributed by atoms with van der Waals surface area (Å²) in [6.07, 6.45) is 4.58. The zero-order chi connectivity index (χ0) is 14.5. The van der Waals surface area contributed by atoms with Crippen molar-refractivity contribution in [1.29, 1.82) is 0 Å². The van der Waals surface area contributed by atoms with Crippen LogP contribution in [-0.4, -0.2) is 15.9 Å². The van der Waals surface area contributed by atoms with E-state index in [4.69, 9.17) is 0 Å². The Morgan fingerprint density at radius 1 is 1.14 bits per heavy atom. The summed E-state index contributed by atoms with van der Waals surface area (Å²) in [4.78, 5) is 22.5. The molecule has 0 unspecified atom stereocenters. The minimum atomic E-state index is -0.152. The molecular weight excluding hydrogens is 282 g/mol. The number of nitrogens with zero attached hydrogens (tertiary/aromatic N) is 3. The predicted molar refractivity (Wildman–Crippen MR) is 83.3 cm³/mol. The number of benzene rings is 1. The summed E-state index contributed by atoms with van der Waals surface area (Å²) < 4.78 is 0. The SMILES string of the molecule is O=C(c1cnccn1)N(Cc1ccsc1)c1ccccc1. The lowest BCUT2D eigenvalue weighted by atomic mass is 10.2. The zero-order valence-electron chi connectivity index (χ0n) is 11.2. The summed E-state index contributed by atoms with van der Waals surface area (Å²) in [5.74, 6) is -0.152. The lowest BCUT2D eigenvalue weighted by molar-refractivity contribution is 0.0980. The fourth-order valence-corrected chi connectivity index (χ4v) is 2.66. The van der Waals surface area contributed by atoms with Crippen LogP contribution in [0, 0.1) is 0 Å². The number of aromatic nitrogens is 2. The van der Waals surface area contributed by atoms with Gasteiger partial charge in [-0.15, -0.1) is 0 Å². The number of hydrogen-bond acceptors (Lipinski definition) is 4. The van der Waals surface area contributed by atoms with E-state index in [0.29, 0.717) is 12.2 Å². The van der Waals surface area contributed by atoms with Gasteiger partial charge in [-0.3, -0.25) is 9.78 Å². The Labute approximate surface area is 126 Å². The average molecular weight is 295 g/mol. The first-order valence-electron chi connectivity index (χ1n) is 6.48. The number of carbonyl (C=O) groups excluding carboxylic acids is 1. The van der Waals surface area contributed by atoms with Crippen molar-refractivity contribution in [2.75, 3.05) is 4.90 Å². The fourth-order valence-electron chi connectivity index (χ4n) is 2.00. The summed E-state index contributed by atoms with van der Waals surface area (Å²) in [6, 6.07) is 11.6. The lowest BCUT2D eigenvalue weighted by Crippen LogP contribution is -2.31. The second kappa shape index (κ2) is 6.28. The van der Waals surface area contributed by atoms with E-state index in [1.165, 1.54) is 12.4 Å². The van der Waals surface area contributed by atoms with Crippen LogP contribution in [0.15, 0.2) is 65.7 Å². The molecule has 1 amide bonds. The van der Waals surface area contributed by atoms with Crippen LogP contribution < -0.4 is 4.90 Å². The molecule has 0 N–H and O–H groups in total. The van der Waals surface area contributed by atoms with E-state index >= 15 is 0 Å². The van der Waals surface area contributed by atoms with Crippen molar-refractivity contribution >= 4 is 22.9 Å². The Morgan fingerprint density at radius 3 is 2.67 bits per heavy atom. The van der Waals surface area contributed by atoms with E-state index in [-0.39, 0.29) is 5.91 Å². The molecule has 3 aromatic rings. The first kappa shape index (κ1) is 13.5. The van der Waals surface area contributed by atoms with E-state index in [2.05, 4.69) is 9.97 Å². The van der Waals surface area contributed by atoms with Crippen molar-refractivity contribution in [2.24, 2.45) is 0 Å². The molecule has 0 aliphatic rings. The van der Waals surface area contributed by atoms with Gasteiger partial charge in [-0.05, 0) is 34.5 Å². The number of thiophene rings is 1. The molecule has 0 atom stereocenters. The minimum Gasteiger partial charge on any atom is -0.303 e. The van der Waals surface area contributed by atoms with Gasteiger partial charge in [-0.1, -0.05) is 18.2 Å². The number of amides is 1. The van der Waals surface area contributed by atoms with Crippen LogP contribution in [0.4, 0.5) is 5.69 Å². The molecule has 5 heteroatoms. The van der Waals surface area contributed by atoms with E-state index < -0.39 is 0 Å². The monoisotopic (exact) mass is 295 g/mol. The van der Waals surface area contributed by atoms with E-state index in [1.54, 1.807) is 22.4 Å². The van der Waals surface area contributed by atoms with Gasteiger partial charge in [0.2, 0.25) is 0 Å². The number of carbonyl (C=O) groups is 1. The van der Waals surface area contributed by atoms with Crippen LogP contribution in [0.3, 0.4) is 0 Å². The van der Waals surface area contributed by atoms with Gasteiger partial charge in [0.25, 0.3) is 5.91 Å². The molecule has 0 fully saturated rings. The molecule has 3 rings (SSSR count). The number of hydrogen-bond donors (Lipinski definition) is 0. The molecule has 0 saturated heterocycles. The molecule has 1 aromatic carbocycles. The van der Waals surface area contributed by atoms with E-state index in [1.807, 2.05) is 47.2 Å². The van der Waals surface area contributed by atoms with Crippen molar-refractivity contribution in [3.8, 4) is 0 Å². The molecule has 104 valence electrons. The maximum Gasteiger partial charge on any atom is 0.278 e. The Kier molecular flexibility index (Phi) is 4.02. The van der Waals surface area contributed by atoms with E-state index in [0.717, 1.165) is 11.3 Å². The van der Waals surface area contributed by atoms with E-state index in [9.17, 15) is 4.79 Å². The van der Waals surface area contributed by atoms with Crippen molar-refractivity contribution in [1.82, 2.24) is 9.97 Å². The normalized spacial score (nSPS) is 10.3. The molecular formula is C16H13N3OS. The van der Waals surface area contributed by atoms with Crippen LogP contribution >= 0.6 is 11.3 Å². The summed E-state index contributed by atoms with van der Waals surface area (Å²) in [5.41, 5.74) is 2.29. The third-order valence-electron chi connectivity index (χ3n) is 3.02. The fraction of sp³-hybridized carbons (Fsp3) is 0.0625. The maximum atomic E-state index is 12.7. The van der Waals surface area contributed by atoms with Crippen molar-refractivity contribution < 1.29 is 4.79 Å². The third kappa shape index (κ3) is 3.14. The van der Waals surface area contributed by atoms with Gasteiger partial charge in [0.1, 0.15) is 5.69 Å². The molecule has 0 bridgehead atoms. The van der Waals surface area contributed by atoms with Gasteiger partial charge >= 0.3 is 0 Å². The number of rotatable bonds is 4. The summed E-state index contributed by atoms with van der Waals surface area (Å²) in [5, 5.41) is 4.05. The average Bonchev–Trinajstić information content (AvgIpc) is 3.07. The van der Waals surface area contributed by atoms with Crippen molar-refractivity contribution in [2.45, 2.75) is 6.54 Å². The Hall–Kier alpha value is -2.53. The standard InChI is InChI=1S/C16H13N3OS/c20-16(15-10-17-7-8-18-15)19(11-13-6-9-21-12-13)14-4-2-1-3-5-14/h1-10,12H,11H2. The highest BCUT2D eigenvalue weighted by molar-refractivity contribution is 7.07. The number of anilines is 1. The van der Waals surface area contributed by atoms with Crippen LogP contribution in [0.1, 0.15) is 16.1 Å². The summed E-state index contributed by atoms with van der Waals surface area (Å²) in [7, 11) is 0. The number of para-hydroxylation sites is 1. The van der Waals surface area contributed by atoms with Gasteiger partial charge in [0.15, 0.2) is 0 Å². The first-order valence-corrected chi connectivity index (χ1v) is 7.43. The summed E-state index contributed by atoms with van der Waals surface area (Å²) in [6.45, 7) is 0.517. The molecule has 0 radical (unpaired) electrons. The molecule has 0 aliphatic carbocycles.